The summed E-state index contributed by atoms with van der Waals surface area (Å²) < 4.78 is 0. The third-order valence-corrected chi connectivity index (χ3v) is 6.14. The molecule has 2 heterocycles. The standard InChI is InChI=1S/C20H36N4O3S/c1-5-6-18(26)24-14-28-13-16(24)19(27)21-11-15-7-9-23(10-8-15)12-17(25)22-20(2,3)4/h15-16H,5-14H2,1-4H3,(H,21,27)(H,22,25). The van der Waals surface area contributed by atoms with Crippen LogP contribution in [0.5, 0.6) is 0 Å². The highest BCUT2D eigenvalue weighted by Gasteiger charge is 2.34. The van der Waals surface area contributed by atoms with Gasteiger partial charge in [-0.15, -0.1) is 11.8 Å². The van der Waals surface area contributed by atoms with Crippen molar-refractivity contribution in [2.24, 2.45) is 5.92 Å². The molecule has 0 bridgehead atoms. The van der Waals surface area contributed by atoms with E-state index in [1.807, 2.05) is 27.7 Å². The molecule has 0 aliphatic carbocycles. The second-order valence-corrected chi connectivity index (χ2v) is 9.89. The van der Waals surface area contributed by atoms with Crippen LogP contribution in [0.1, 0.15) is 53.4 Å². The zero-order valence-corrected chi connectivity index (χ0v) is 18.6. The number of carbonyl (C=O) groups excluding carboxylic acids is 3. The molecule has 0 saturated carbocycles. The number of amides is 3. The van der Waals surface area contributed by atoms with Crippen molar-refractivity contribution in [1.29, 1.82) is 0 Å². The second-order valence-electron chi connectivity index (χ2n) is 8.89. The number of nitrogens with zero attached hydrogens (tertiary/aromatic N) is 2. The van der Waals surface area contributed by atoms with Gasteiger partial charge in [0.1, 0.15) is 6.04 Å². The van der Waals surface area contributed by atoms with Gasteiger partial charge in [0.05, 0.1) is 12.4 Å². The number of rotatable bonds is 7. The Bertz CT molecular complexity index is 556. The summed E-state index contributed by atoms with van der Waals surface area (Å²) in [5.41, 5.74) is -0.204. The molecule has 0 aromatic carbocycles. The van der Waals surface area contributed by atoms with Crippen molar-refractivity contribution in [3.8, 4) is 0 Å². The first kappa shape index (κ1) is 23.0. The molecule has 2 aliphatic rings. The molecular weight excluding hydrogens is 376 g/mol. The Hall–Kier alpha value is -1.28. The van der Waals surface area contributed by atoms with E-state index < -0.39 is 0 Å². The first-order valence-electron chi connectivity index (χ1n) is 10.4. The fourth-order valence-corrected chi connectivity index (χ4v) is 4.82. The summed E-state index contributed by atoms with van der Waals surface area (Å²) >= 11 is 1.64. The lowest BCUT2D eigenvalue weighted by Crippen LogP contribution is -2.50. The van der Waals surface area contributed by atoms with E-state index in [0.717, 1.165) is 32.4 Å². The predicted octanol–water partition coefficient (Wildman–Crippen LogP) is 1.43. The number of piperidine rings is 1. The monoisotopic (exact) mass is 412 g/mol. The highest BCUT2D eigenvalue weighted by molar-refractivity contribution is 7.99. The van der Waals surface area contributed by atoms with Gasteiger partial charge in [0.2, 0.25) is 17.7 Å². The van der Waals surface area contributed by atoms with Crippen molar-refractivity contribution >= 4 is 29.5 Å². The molecule has 28 heavy (non-hydrogen) atoms. The van der Waals surface area contributed by atoms with Gasteiger partial charge in [0, 0.05) is 24.3 Å². The minimum absolute atomic E-state index is 0.0264. The Balaban J connectivity index is 1.70. The topological polar surface area (TPSA) is 81.8 Å². The molecule has 2 saturated heterocycles. The Morgan fingerprint density at radius 1 is 1.14 bits per heavy atom. The molecule has 2 aliphatic heterocycles. The van der Waals surface area contributed by atoms with Crippen LogP contribution in [-0.4, -0.2) is 76.9 Å². The molecule has 2 fully saturated rings. The van der Waals surface area contributed by atoms with Crippen LogP contribution < -0.4 is 10.6 Å². The zero-order valence-electron chi connectivity index (χ0n) is 17.8. The van der Waals surface area contributed by atoms with Gasteiger partial charge in [-0.25, -0.2) is 0 Å². The van der Waals surface area contributed by atoms with Gasteiger partial charge in [-0.3, -0.25) is 19.3 Å². The van der Waals surface area contributed by atoms with E-state index in [-0.39, 0.29) is 29.3 Å². The average molecular weight is 413 g/mol. The van der Waals surface area contributed by atoms with Crippen molar-refractivity contribution in [2.45, 2.75) is 65.0 Å². The summed E-state index contributed by atoms with van der Waals surface area (Å²) in [6.45, 7) is 10.8. The molecule has 1 unspecified atom stereocenters. The van der Waals surface area contributed by atoms with Crippen molar-refractivity contribution in [3.63, 3.8) is 0 Å². The van der Waals surface area contributed by atoms with Crippen LogP contribution in [0.4, 0.5) is 0 Å². The van der Waals surface area contributed by atoms with Gasteiger partial charge in [0.15, 0.2) is 0 Å². The van der Waals surface area contributed by atoms with Gasteiger partial charge in [-0.2, -0.15) is 0 Å². The van der Waals surface area contributed by atoms with Crippen molar-refractivity contribution in [3.05, 3.63) is 0 Å². The van der Waals surface area contributed by atoms with Crippen LogP contribution in [0.3, 0.4) is 0 Å². The van der Waals surface area contributed by atoms with Crippen molar-refractivity contribution in [1.82, 2.24) is 20.4 Å². The summed E-state index contributed by atoms with van der Waals surface area (Å²) in [4.78, 5) is 40.7. The van der Waals surface area contributed by atoms with Gasteiger partial charge < -0.3 is 15.5 Å². The quantitative estimate of drug-likeness (QED) is 0.661. The molecule has 0 radical (unpaired) electrons. The van der Waals surface area contributed by atoms with E-state index in [9.17, 15) is 14.4 Å². The molecule has 2 rings (SSSR count). The fourth-order valence-electron chi connectivity index (χ4n) is 3.64. The normalized spacial score (nSPS) is 21.6. The van der Waals surface area contributed by atoms with Crippen LogP contribution in [0, 0.1) is 5.92 Å². The lowest BCUT2D eigenvalue weighted by molar-refractivity contribution is -0.138. The number of hydrogen-bond donors (Lipinski definition) is 2. The van der Waals surface area contributed by atoms with Gasteiger partial charge in [-0.1, -0.05) is 6.92 Å². The highest BCUT2D eigenvalue weighted by atomic mass is 32.2. The van der Waals surface area contributed by atoms with E-state index in [1.54, 1.807) is 16.7 Å². The molecule has 2 N–H and O–H groups in total. The smallest absolute Gasteiger partial charge is 0.243 e. The SMILES string of the molecule is CCCC(=O)N1CSCC1C(=O)NCC1CCN(CC(=O)NC(C)(C)C)CC1. The molecule has 7 nitrogen and oxygen atoms in total. The molecular formula is C20H36N4O3S. The summed E-state index contributed by atoms with van der Waals surface area (Å²) in [6.07, 6.45) is 3.26. The maximum atomic E-state index is 12.6. The molecule has 0 aromatic rings. The maximum Gasteiger partial charge on any atom is 0.243 e. The van der Waals surface area contributed by atoms with Gasteiger partial charge >= 0.3 is 0 Å². The average Bonchev–Trinajstić information content (AvgIpc) is 3.09. The Labute approximate surface area is 173 Å². The van der Waals surface area contributed by atoms with E-state index in [1.165, 1.54) is 0 Å². The molecule has 1 atom stereocenters. The molecule has 160 valence electrons. The summed E-state index contributed by atoms with van der Waals surface area (Å²) in [7, 11) is 0. The van der Waals surface area contributed by atoms with Gasteiger partial charge in [-0.05, 0) is 59.0 Å². The molecule has 3 amide bonds. The summed E-state index contributed by atoms with van der Waals surface area (Å²) in [6, 6.07) is -0.328. The third kappa shape index (κ3) is 7.28. The first-order chi connectivity index (χ1) is 13.2. The van der Waals surface area contributed by atoms with Gasteiger partial charge in [0.25, 0.3) is 0 Å². The minimum atomic E-state index is -0.328. The first-order valence-corrected chi connectivity index (χ1v) is 11.5. The Morgan fingerprint density at radius 3 is 2.43 bits per heavy atom. The number of nitrogens with one attached hydrogen (secondary N) is 2. The summed E-state index contributed by atoms with van der Waals surface area (Å²) in [5, 5.41) is 6.06. The molecule has 0 aromatic heterocycles. The third-order valence-electron chi connectivity index (χ3n) is 5.12. The number of thioether (sulfide) groups is 1. The van der Waals surface area contributed by atoms with Crippen molar-refractivity contribution in [2.75, 3.05) is 37.8 Å². The molecule has 0 spiro atoms. The minimum Gasteiger partial charge on any atom is -0.354 e. The van der Waals surface area contributed by atoms with Crippen LogP contribution in [0.15, 0.2) is 0 Å². The highest BCUT2D eigenvalue weighted by Crippen LogP contribution is 2.23. The van der Waals surface area contributed by atoms with Crippen LogP contribution in [-0.2, 0) is 14.4 Å². The van der Waals surface area contributed by atoms with E-state index in [0.29, 0.717) is 37.1 Å². The van der Waals surface area contributed by atoms with Crippen molar-refractivity contribution < 1.29 is 14.4 Å². The zero-order chi connectivity index (χ0) is 20.7. The largest absolute Gasteiger partial charge is 0.354 e. The number of hydrogen-bond acceptors (Lipinski definition) is 5. The Kier molecular flexibility index (Phi) is 8.61. The van der Waals surface area contributed by atoms with Crippen LogP contribution in [0.2, 0.25) is 0 Å². The number of carbonyl (C=O) groups is 3. The van der Waals surface area contributed by atoms with Crippen LogP contribution >= 0.6 is 11.8 Å². The van der Waals surface area contributed by atoms with Crippen LogP contribution in [0.25, 0.3) is 0 Å². The van der Waals surface area contributed by atoms with E-state index >= 15 is 0 Å². The lowest BCUT2D eigenvalue weighted by atomic mass is 9.96. The predicted molar refractivity (Wildman–Crippen MR) is 113 cm³/mol. The fraction of sp³-hybridized carbons (Fsp3) is 0.850. The van der Waals surface area contributed by atoms with E-state index in [4.69, 9.17) is 0 Å². The lowest BCUT2D eigenvalue weighted by Gasteiger charge is -2.32. The Morgan fingerprint density at radius 2 is 1.82 bits per heavy atom. The summed E-state index contributed by atoms with van der Waals surface area (Å²) in [5.74, 6) is 1.85. The second kappa shape index (κ2) is 10.5. The van der Waals surface area contributed by atoms with E-state index in [2.05, 4.69) is 15.5 Å². The maximum absolute atomic E-state index is 12.6. The molecule has 8 heteroatoms. The number of likely N-dealkylation sites (tertiary alicyclic amines) is 1.